The molecular weight excluding hydrogens is 633 g/mol. The molecule has 1 saturated heterocycles. The summed E-state index contributed by atoms with van der Waals surface area (Å²) in [6, 6.07) is 7.88. The number of aryl methyl sites for hydroxylation is 2. The van der Waals surface area contributed by atoms with Gasteiger partial charge in [-0.15, -0.1) is 11.3 Å². The van der Waals surface area contributed by atoms with Crippen LogP contribution in [0.25, 0.3) is 0 Å². The smallest absolute Gasteiger partial charge is 0.270 e. The fourth-order valence-electron chi connectivity index (χ4n) is 6.57. The highest BCUT2D eigenvalue weighted by Crippen LogP contribution is 2.29. The predicted octanol–water partition coefficient (Wildman–Crippen LogP) is 4.41. The zero-order valence-electron chi connectivity index (χ0n) is 28.1. The Morgan fingerprint density at radius 2 is 1.71 bits per heavy atom. The van der Waals surface area contributed by atoms with E-state index in [0.29, 0.717) is 35.8 Å². The summed E-state index contributed by atoms with van der Waals surface area (Å²) in [5.41, 5.74) is 0.841. The average Bonchev–Trinajstić information content (AvgIpc) is 3.76. The normalized spacial score (nSPS) is 17.7. The Bertz CT molecular complexity index is 1610. The van der Waals surface area contributed by atoms with Crippen LogP contribution in [-0.4, -0.2) is 88.5 Å². The SMILES string of the molecule is CCn1nccc1C(=O)N[C@H](C(=O)Nc1ccc([C@H](C)[C@@H](NC(=O)c2ccc(C)s2)C(=O)N2CCN(C)CC2)cc1F)C1CCCCC1. The summed E-state index contributed by atoms with van der Waals surface area (Å²) < 4.78 is 17.3. The van der Waals surface area contributed by atoms with Crippen molar-refractivity contribution >= 4 is 40.7 Å². The van der Waals surface area contributed by atoms with E-state index in [4.69, 9.17) is 0 Å². The molecule has 1 aliphatic carbocycles. The average molecular weight is 680 g/mol. The number of anilines is 1. The second-order valence-corrected chi connectivity index (χ2v) is 14.2. The van der Waals surface area contributed by atoms with E-state index < -0.39 is 35.6 Å². The summed E-state index contributed by atoms with van der Waals surface area (Å²) in [6.07, 6.45) is 6.09. The minimum absolute atomic E-state index is 0.0235. The monoisotopic (exact) mass is 679 g/mol. The molecule has 48 heavy (non-hydrogen) atoms. The maximum Gasteiger partial charge on any atom is 0.270 e. The van der Waals surface area contributed by atoms with Crippen LogP contribution < -0.4 is 16.0 Å². The highest BCUT2D eigenvalue weighted by molar-refractivity contribution is 7.13. The molecule has 1 saturated carbocycles. The molecule has 1 aromatic carbocycles. The number of hydrogen-bond donors (Lipinski definition) is 3. The van der Waals surface area contributed by atoms with Crippen molar-refractivity contribution in [3.63, 3.8) is 0 Å². The maximum atomic E-state index is 15.8. The fourth-order valence-corrected chi connectivity index (χ4v) is 7.34. The van der Waals surface area contributed by atoms with Gasteiger partial charge in [0, 0.05) is 49.7 Å². The Hall–Kier alpha value is -4.10. The van der Waals surface area contributed by atoms with Gasteiger partial charge in [-0.25, -0.2) is 4.39 Å². The standard InChI is InChI=1S/C35H46FN7O4S/c1-5-43-28(15-16-37-43)32(44)40-31(24-9-7-6-8-10-24)34(46)38-27-13-12-25(21-26(27)36)23(3)30(35(47)42-19-17-41(4)18-20-42)39-33(45)29-14-11-22(2)48-29/h11-16,21,23-24,30-31H,5-10,17-20H2,1-4H3,(H,38,46)(H,39,45)(H,40,44)/t23-,30+,31-/m0/s1. The number of carbonyl (C=O) groups excluding carboxylic acids is 4. The van der Waals surface area contributed by atoms with Gasteiger partial charge in [0.25, 0.3) is 11.8 Å². The largest absolute Gasteiger partial charge is 0.339 e. The van der Waals surface area contributed by atoms with Crippen molar-refractivity contribution in [3.8, 4) is 0 Å². The van der Waals surface area contributed by atoms with Gasteiger partial charge in [0.05, 0.1) is 10.6 Å². The van der Waals surface area contributed by atoms with Crippen LogP contribution in [0.4, 0.5) is 10.1 Å². The van der Waals surface area contributed by atoms with Crippen LogP contribution in [0, 0.1) is 18.7 Å². The van der Waals surface area contributed by atoms with Crippen LogP contribution in [0.1, 0.15) is 82.5 Å². The minimum Gasteiger partial charge on any atom is -0.339 e. The van der Waals surface area contributed by atoms with Crippen molar-refractivity contribution < 1.29 is 23.6 Å². The van der Waals surface area contributed by atoms with Gasteiger partial charge >= 0.3 is 0 Å². The number of nitrogens with zero attached hydrogens (tertiary/aromatic N) is 4. The van der Waals surface area contributed by atoms with E-state index in [1.54, 1.807) is 40.9 Å². The topological polar surface area (TPSA) is 129 Å². The molecule has 3 N–H and O–H groups in total. The number of amides is 4. The minimum atomic E-state index is -0.925. The van der Waals surface area contributed by atoms with Gasteiger partial charge in [0.2, 0.25) is 11.8 Å². The predicted molar refractivity (Wildman–Crippen MR) is 184 cm³/mol. The lowest BCUT2D eigenvalue weighted by Gasteiger charge is -2.36. The van der Waals surface area contributed by atoms with Crippen molar-refractivity contribution in [2.24, 2.45) is 5.92 Å². The summed E-state index contributed by atoms with van der Waals surface area (Å²) in [7, 11) is 2.00. The first kappa shape index (κ1) is 35.2. The number of rotatable bonds is 11. The van der Waals surface area contributed by atoms with Crippen molar-refractivity contribution in [1.82, 2.24) is 30.2 Å². The van der Waals surface area contributed by atoms with E-state index in [-0.39, 0.29) is 23.4 Å². The van der Waals surface area contributed by atoms with Crippen LogP contribution >= 0.6 is 11.3 Å². The quantitative estimate of drug-likeness (QED) is 0.276. The van der Waals surface area contributed by atoms with Gasteiger partial charge in [-0.3, -0.25) is 23.9 Å². The third-order valence-corrected chi connectivity index (χ3v) is 10.5. The molecule has 3 heterocycles. The molecule has 13 heteroatoms. The van der Waals surface area contributed by atoms with Gasteiger partial charge in [0.15, 0.2) is 0 Å². The first-order chi connectivity index (χ1) is 23.0. The summed E-state index contributed by atoms with van der Waals surface area (Å²) in [5.74, 6) is -2.78. The van der Waals surface area contributed by atoms with E-state index in [0.717, 1.165) is 50.1 Å². The summed E-state index contributed by atoms with van der Waals surface area (Å²) in [5, 5.41) is 12.7. The van der Waals surface area contributed by atoms with E-state index in [9.17, 15) is 19.2 Å². The zero-order chi connectivity index (χ0) is 34.4. The molecule has 0 spiro atoms. The summed E-state index contributed by atoms with van der Waals surface area (Å²) in [4.78, 5) is 59.3. The Kier molecular flexibility index (Phi) is 11.6. The second kappa shape index (κ2) is 15.9. The third-order valence-electron chi connectivity index (χ3n) is 9.55. The van der Waals surface area contributed by atoms with Crippen LogP contribution in [-0.2, 0) is 16.1 Å². The lowest BCUT2D eigenvalue weighted by Crippen LogP contribution is -2.55. The summed E-state index contributed by atoms with van der Waals surface area (Å²) in [6.45, 7) is 8.60. The Morgan fingerprint density at radius 3 is 2.35 bits per heavy atom. The van der Waals surface area contributed by atoms with Gasteiger partial charge < -0.3 is 25.8 Å². The van der Waals surface area contributed by atoms with Gasteiger partial charge in [0.1, 0.15) is 23.6 Å². The van der Waals surface area contributed by atoms with Gasteiger partial charge in [-0.1, -0.05) is 32.3 Å². The van der Waals surface area contributed by atoms with Crippen molar-refractivity contribution in [1.29, 1.82) is 0 Å². The molecule has 3 aromatic rings. The molecule has 2 aromatic heterocycles. The molecule has 3 atom stereocenters. The first-order valence-electron chi connectivity index (χ1n) is 16.8. The molecule has 1 aliphatic heterocycles. The Balaban J connectivity index is 1.34. The third kappa shape index (κ3) is 8.30. The summed E-state index contributed by atoms with van der Waals surface area (Å²) >= 11 is 1.35. The molecule has 0 radical (unpaired) electrons. The molecule has 11 nitrogen and oxygen atoms in total. The number of benzene rings is 1. The molecule has 258 valence electrons. The van der Waals surface area contributed by atoms with Crippen molar-refractivity contribution in [2.75, 3.05) is 38.5 Å². The molecule has 0 unspecified atom stereocenters. The zero-order valence-corrected chi connectivity index (χ0v) is 28.9. The van der Waals surface area contributed by atoms with Crippen molar-refractivity contribution in [2.45, 2.75) is 77.4 Å². The van der Waals surface area contributed by atoms with E-state index in [1.807, 2.05) is 27.0 Å². The van der Waals surface area contributed by atoms with E-state index in [1.165, 1.54) is 23.5 Å². The first-order valence-corrected chi connectivity index (χ1v) is 17.6. The molecule has 5 rings (SSSR count). The molecule has 2 aliphatic rings. The number of nitrogens with one attached hydrogen (secondary N) is 3. The fraction of sp³-hybridized carbons (Fsp3) is 0.514. The number of likely N-dealkylation sites (N-methyl/N-ethyl adjacent to an activating group) is 1. The number of piperazine rings is 1. The maximum absolute atomic E-state index is 15.8. The van der Waals surface area contributed by atoms with Crippen LogP contribution in [0.2, 0.25) is 0 Å². The van der Waals surface area contributed by atoms with Gasteiger partial charge in [-0.2, -0.15) is 5.10 Å². The number of halogens is 1. The molecule has 4 amide bonds. The number of thiophene rings is 1. The Morgan fingerprint density at radius 1 is 0.979 bits per heavy atom. The highest BCUT2D eigenvalue weighted by atomic mass is 32.1. The molecular formula is C35H46FN7O4S. The van der Waals surface area contributed by atoms with E-state index >= 15 is 4.39 Å². The van der Waals surface area contributed by atoms with Crippen LogP contribution in [0.5, 0.6) is 0 Å². The lowest BCUT2D eigenvalue weighted by molar-refractivity contribution is -0.135. The van der Waals surface area contributed by atoms with E-state index in [2.05, 4.69) is 25.9 Å². The Labute approximate surface area is 285 Å². The van der Waals surface area contributed by atoms with Crippen LogP contribution in [0.15, 0.2) is 42.6 Å². The van der Waals surface area contributed by atoms with Gasteiger partial charge in [-0.05, 0) is 75.5 Å². The highest BCUT2D eigenvalue weighted by Gasteiger charge is 2.35. The second-order valence-electron chi connectivity index (χ2n) is 12.9. The number of carbonyl (C=O) groups is 4. The van der Waals surface area contributed by atoms with Crippen molar-refractivity contribution in [3.05, 3.63) is 69.4 Å². The number of aromatic nitrogens is 2. The number of hydrogen-bond acceptors (Lipinski definition) is 7. The lowest BCUT2D eigenvalue weighted by atomic mass is 9.83. The van der Waals surface area contributed by atoms with Crippen LogP contribution in [0.3, 0.4) is 0 Å². The molecule has 2 fully saturated rings. The molecule has 0 bridgehead atoms.